The Labute approximate surface area is 119 Å². The molecule has 3 nitrogen and oxygen atoms in total. The molecule has 0 spiro atoms. The lowest BCUT2D eigenvalue weighted by atomic mass is 9.85. The second-order valence-electron chi connectivity index (χ2n) is 5.20. The number of rotatable bonds is 3. The zero-order valence-electron chi connectivity index (χ0n) is 11.8. The van der Waals surface area contributed by atoms with Gasteiger partial charge in [-0.05, 0) is 41.7 Å². The van der Waals surface area contributed by atoms with Crippen LogP contribution in [0.5, 0.6) is 11.5 Å². The van der Waals surface area contributed by atoms with Gasteiger partial charge in [0.05, 0.1) is 19.8 Å². The predicted octanol–water partition coefficient (Wildman–Crippen LogP) is 2.85. The fraction of sp³-hybridized carbons (Fsp3) is 0.294. The summed E-state index contributed by atoms with van der Waals surface area (Å²) in [7, 11) is 3.29. The van der Waals surface area contributed by atoms with Gasteiger partial charge >= 0.3 is 0 Å². The van der Waals surface area contributed by atoms with Crippen molar-refractivity contribution in [2.75, 3.05) is 14.2 Å². The van der Waals surface area contributed by atoms with Gasteiger partial charge in [-0.25, -0.2) is 0 Å². The summed E-state index contributed by atoms with van der Waals surface area (Å²) in [6.45, 7) is 0. The fourth-order valence-electron chi connectivity index (χ4n) is 3.05. The maximum absolute atomic E-state index is 6.71. The highest BCUT2D eigenvalue weighted by molar-refractivity contribution is 5.51. The Kier molecular flexibility index (Phi) is 3.14. The minimum absolute atomic E-state index is 0.434. The maximum atomic E-state index is 6.71. The van der Waals surface area contributed by atoms with Crippen molar-refractivity contribution in [3.8, 4) is 11.5 Å². The third-order valence-corrected chi connectivity index (χ3v) is 4.19. The van der Waals surface area contributed by atoms with Crippen LogP contribution < -0.4 is 15.2 Å². The summed E-state index contributed by atoms with van der Waals surface area (Å²) in [6, 6.07) is 14.3. The number of hydrogen-bond donors (Lipinski definition) is 1. The Morgan fingerprint density at radius 1 is 1.00 bits per heavy atom. The van der Waals surface area contributed by atoms with Crippen LogP contribution in [0, 0.1) is 0 Å². The molecule has 0 radical (unpaired) electrons. The molecule has 0 saturated heterocycles. The van der Waals surface area contributed by atoms with Crippen LogP contribution in [0.25, 0.3) is 0 Å². The summed E-state index contributed by atoms with van der Waals surface area (Å²) in [6.07, 6.45) is 1.93. The molecule has 3 rings (SSSR count). The predicted molar refractivity (Wildman–Crippen MR) is 79.3 cm³/mol. The quantitative estimate of drug-likeness (QED) is 0.932. The molecule has 1 aliphatic rings. The van der Waals surface area contributed by atoms with Crippen LogP contribution in [0.3, 0.4) is 0 Å². The smallest absolute Gasteiger partial charge is 0.161 e. The highest BCUT2D eigenvalue weighted by Crippen LogP contribution is 2.42. The molecule has 1 aliphatic carbocycles. The van der Waals surface area contributed by atoms with Crippen LogP contribution in [-0.2, 0) is 12.0 Å². The fourth-order valence-corrected chi connectivity index (χ4v) is 3.05. The van der Waals surface area contributed by atoms with Gasteiger partial charge in [-0.2, -0.15) is 0 Å². The summed E-state index contributed by atoms with van der Waals surface area (Å²) in [5.41, 5.74) is 9.90. The lowest BCUT2D eigenvalue weighted by molar-refractivity contribution is 0.353. The van der Waals surface area contributed by atoms with E-state index < -0.39 is 5.54 Å². The molecular weight excluding hydrogens is 250 g/mol. The van der Waals surface area contributed by atoms with E-state index in [0.717, 1.165) is 29.9 Å². The second kappa shape index (κ2) is 4.84. The van der Waals surface area contributed by atoms with Gasteiger partial charge < -0.3 is 15.2 Å². The monoisotopic (exact) mass is 269 g/mol. The van der Waals surface area contributed by atoms with Crippen molar-refractivity contribution in [3.63, 3.8) is 0 Å². The van der Waals surface area contributed by atoms with E-state index in [2.05, 4.69) is 18.2 Å². The van der Waals surface area contributed by atoms with Crippen molar-refractivity contribution in [1.29, 1.82) is 0 Å². The molecule has 0 aliphatic heterocycles. The first kappa shape index (κ1) is 13.0. The molecule has 20 heavy (non-hydrogen) atoms. The van der Waals surface area contributed by atoms with Crippen molar-refractivity contribution in [3.05, 3.63) is 59.2 Å². The number of ether oxygens (including phenoxy) is 2. The Balaban J connectivity index is 2.10. The van der Waals surface area contributed by atoms with Crippen molar-refractivity contribution in [1.82, 2.24) is 0 Å². The van der Waals surface area contributed by atoms with Gasteiger partial charge in [0.15, 0.2) is 11.5 Å². The van der Waals surface area contributed by atoms with E-state index in [1.54, 1.807) is 14.2 Å². The number of methoxy groups -OCH3 is 2. The highest BCUT2D eigenvalue weighted by Gasteiger charge is 2.36. The first-order valence-electron chi connectivity index (χ1n) is 6.79. The Morgan fingerprint density at radius 3 is 2.50 bits per heavy atom. The van der Waals surface area contributed by atoms with E-state index in [1.807, 2.05) is 24.3 Å². The Bertz CT molecular complexity index is 639. The van der Waals surface area contributed by atoms with Gasteiger partial charge in [0.1, 0.15) is 0 Å². The minimum Gasteiger partial charge on any atom is -0.493 e. The van der Waals surface area contributed by atoms with Crippen molar-refractivity contribution in [2.45, 2.75) is 18.4 Å². The summed E-state index contributed by atoms with van der Waals surface area (Å²) < 4.78 is 10.7. The summed E-state index contributed by atoms with van der Waals surface area (Å²) >= 11 is 0. The van der Waals surface area contributed by atoms with Crippen molar-refractivity contribution in [2.24, 2.45) is 5.73 Å². The molecule has 0 amide bonds. The van der Waals surface area contributed by atoms with Crippen molar-refractivity contribution < 1.29 is 9.47 Å². The van der Waals surface area contributed by atoms with Gasteiger partial charge in [-0.1, -0.05) is 30.3 Å². The van der Waals surface area contributed by atoms with Crippen LogP contribution in [0.15, 0.2) is 42.5 Å². The molecule has 104 valence electrons. The van der Waals surface area contributed by atoms with E-state index in [1.165, 1.54) is 11.1 Å². The van der Waals surface area contributed by atoms with Crippen LogP contribution in [0.1, 0.15) is 23.1 Å². The topological polar surface area (TPSA) is 44.5 Å². The van der Waals surface area contributed by atoms with Gasteiger partial charge in [0.2, 0.25) is 0 Å². The van der Waals surface area contributed by atoms with Gasteiger partial charge in [-0.15, -0.1) is 0 Å². The molecular formula is C17H19NO2. The van der Waals surface area contributed by atoms with E-state index in [4.69, 9.17) is 15.2 Å². The molecule has 0 fully saturated rings. The van der Waals surface area contributed by atoms with E-state index in [9.17, 15) is 0 Å². The first-order chi connectivity index (χ1) is 9.69. The number of aryl methyl sites for hydroxylation is 1. The van der Waals surface area contributed by atoms with Crippen LogP contribution in [-0.4, -0.2) is 14.2 Å². The second-order valence-corrected chi connectivity index (χ2v) is 5.20. The molecule has 0 aromatic heterocycles. The molecule has 2 aromatic rings. The van der Waals surface area contributed by atoms with E-state index >= 15 is 0 Å². The Hall–Kier alpha value is -2.00. The number of nitrogens with two attached hydrogens (primary N) is 1. The third-order valence-electron chi connectivity index (χ3n) is 4.19. The largest absolute Gasteiger partial charge is 0.493 e. The SMILES string of the molecule is COc1ccc(C2(N)CCc3ccccc32)cc1OC. The minimum atomic E-state index is -0.434. The van der Waals surface area contributed by atoms with E-state index in [-0.39, 0.29) is 0 Å². The molecule has 1 atom stereocenters. The van der Waals surface area contributed by atoms with Crippen LogP contribution in [0.4, 0.5) is 0 Å². The average Bonchev–Trinajstić information content (AvgIpc) is 2.85. The first-order valence-corrected chi connectivity index (χ1v) is 6.79. The summed E-state index contributed by atoms with van der Waals surface area (Å²) in [5, 5.41) is 0. The average molecular weight is 269 g/mol. The molecule has 0 heterocycles. The Morgan fingerprint density at radius 2 is 1.75 bits per heavy atom. The summed E-state index contributed by atoms with van der Waals surface area (Å²) in [4.78, 5) is 0. The lowest BCUT2D eigenvalue weighted by Gasteiger charge is -2.27. The van der Waals surface area contributed by atoms with Crippen LogP contribution in [0.2, 0.25) is 0 Å². The number of fused-ring (bicyclic) bond motifs is 1. The highest BCUT2D eigenvalue weighted by atomic mass is 16.5. The molecule has 2 aromatic carbocycles. The van der Waals surface area contributed by atoms with E-state index in [0.29, 0.717) is 0 Å². The zero-order chi connectivity index (χ0) is 14.2. The maximum Gasteiger partial charge on any atom is 0.161 e. The molecule has 2 N–H and O–H groups in total. The standard InChI is InChI=1S/C17H19NO2/c1-19-15-8-7-13(11-16(15)20-2)17(18)10-9-12-5-3-4-6-14(12)17/h3-8,11H,9-10,18H2,1-2H3. The third kappa shape index (κ3) is 1.86. The lowest BCUT2D eigenvalue weighted by Crippen LogP contribution is -2.35. The summed E-state index contributed by atoms with van der Waals surface area (Å²) in [5.74, 6) is 1.45. The van der Waals surface area contributed by atoms with Gasteiger partial charge in [-0.3, -0.25) is 0 Å². The molecule has 3 heteroatoms. The molecule has 0 saturated carbocycles. The normalized spacial score (nSPS) is 20.6. The molecule has 1 unspecified atom stereocenters. The van der Waals surface area contributed by atoms with Gasteiger partial charge in [0.25, 0.3) is 0 Å². The zero-order valence-corrected chi connectivity index (χ0v) is 11.8. The number of hydrogen-bond acceptors (Lipinski definition) is 3. The number of benzene rings is 2. The van der Waals surface area contributed by atoms with Gasteiger partial charge in [0, 0.05) is 0 Å². The van der Waals surface area contributed by atoms with Crippen LogP contribution >= 0.6 is 0 Å². The molecule has 0 bridgehead atoms. The van der Waals surface area contributed by atoms with Crippen molar-refractivity contribution >= 4 is 0 Å².